The van der Waals surface area contributed by atoms with E-state index in [2.05, 4.69) is 10.8 Å². The molecular formula is C5H5O3. The molecule has 1 aliphatic rings. The van der Waals surface area contributed by atoms with E-state index < -0.39 is 6.29 Å². The van der Waals surface area contributed by atoms with Gasteiger partial charge in [0.15, 0.2) is 0 Å². The van der Waals surface area contributed by atoms with Crippen LogP contribution in [0.4, 0.5) is 0 Å². The van der Waals surface area contributed by atoms with Crippen molar-refractivity contribution in [3.8, 4) is 0 Å². The topological polar surface area (TPSA) is 49.7 Å². The van der Waals surface area contributed by atoms with Crippen molar-refractivity contribution < 1.29 is 14.9 Å². The first-order chi connectivity index (χ1) is 3.79. The highest BCUT2D eigenvalue weighted by Crippen LogP contribution is 2.02. The molecule has 0 saturated heterocycles. The van der Waals surface area contributed by atoms with Crippen LogP contribution in [0.15, 0.2) is 18.1 Å². The molecule has 0 aromatic heterocycles. The van der Waals surface area contributed by atoms with Crippen molar-refractivity contribution in [2.75, 3.05) is 0 Å². The molecule has 8 heavy (non-hydrogen) atoms. The predicted octanol–water partition coefficient (Wildman–Crippen LogP) is 0.0938. The summed E-state index contributed by atoms with van der Waals surface area (Å²) >= 11 is 0. The number of ether oxygens (including phenoxy) is 1. The summed E-state index contributed by atoms with van der Waals surface area (Å²) in [5.74, 6) is -0.0937. The van der Waals surface area contributed by atoms with Crippen molar-refractivity contribution in [2.24, 2.45) is 0 Å². The quantitative estimate of drug-likeness (QED) is 0.468. The lowest BCUT2D eigenvalue weighted by Crippen LogP contribution is -2.08. The molecule has 0 bridgehead atoms. The van der Waals surface area contributed by atoms with Crippen LogP contribution >= 0.6 is 0 Å². The molecule has 0 saturated carbocycles. The maximum absolute atomic E-state index is 8.56. The van der Waals surface area contributed by atoms with Gasteiger partial charge in [-0.2, -0.15) is 0 Å². The molecule has 0 aliphatic carbocycles. The first-order valence-corrected chi connectivity index (χ1v) is 2.11. The summed E-state index contributed by atoms with van der Waals surface area (Å²) in [5, 5.41) is 17.1. The Morgan fingerprint density at radius 1 is 1.75 bits per heavy atom. The van der Waals surface area contributed by atoms with E-state index in [1.807, 2.05) is 0 Å². The van der Waals surface area contributed by atoms with Gasteiger partial charge in [-0.1, -0.05) is 0 Å². The van der Waals surface area contributed by atoms with Gasteiger partial charge in [0, 0.05) is 6.08 Å². The largest absolute Gasteiger partial charge is 0.507 e. The molecule has 43 valence electrons. The van der Waals surface area contributed by atoms with Crippen LogP contribution in [0, 0.1) is 6.08 Å². The van der Waals surface area contributed by atoms with Gasteiger partial charge in [-0.3, -0.25) is 0 Å². The van der Waals surface area contributed by atoms with E-state index in [-0.39, 0.29) is 5.76 Å². The number of rotatable bonds is 0. The SMILES string of the molecule is OC1=[C]C(O)OC=C1. The molecule has 1 heterocycles. The average molecular weight is 113 g/mol. The van der Waals surface area contributed by atoms with Crippen molar-refractivity contribution in [1.29, 1.82) is 0 Å². The van der Waals surface area contributed by atoms with Gasteiger partial charge in [-0.25, -0.2) is 0 Å². The zero-order chi connectivity index (χ0) is 5.98. The molecule has 3 nitrogen and oxygen atoms in total. The lowest BCUT2D eigenvalue weighted by molar-refractivity contribution is -0.0234. The second-order valence-corrected chi connectivity index (χ2v) is 1.32. The molecule has 0 aromatic carbocycles. The molecular weight excluding hydrogens is 108 g/mol. The Balaban J connectivity index is 2.63. The molecule has 0 amide bonds. The second kappa shape index (κ2) is 1.88. The molecule has 1 unspecified atom stereocenters. The van der Waals surface area contributed by atoms with Gasteiger partial charge >= 0.3 is 0 Å². The van der Waals surface area contributed by atoms with Crippen LogP contribution in [-0.2, 0) is 4.74 Å². The summed E-state index contributed by atoms with van der Waals surface area (Å²) in [5.41, 5.74) is 0. The minimum absolute atomic E-state index is 0.0937. The van der Waals surface area contributed by atoms with E-state index in [4.69, 9.17) is 10.2 Å². The number of hydrogen-bond donors (Lipinski definition) is 2. The zero-order valence-electron chi connectivity index (χ0n) is 4.03. The maximum Gasteiger partial charge on any atom is 0.227 e. The van der Waals surface area contributed by atoms with Gasteiger partial charge in [0.1, 0.15) is 5.76 Å². The van der Waals surface area contributed by atoms with Crippen LogP contribution in [0.3, 0.4) is 0 Å². The standard InChI is InChI=1S/C5H5O3/c6-4-1-2-8-5(7)3-4/h1-2,5-7H. The fraction of sp³-hybridized carbons (Fsp3) is 0.200. The zero-order valence-corrected chi connectivity index (χ0v) is 4.03. The first kappa shape index (κ1) is 5.18. The van der Waals surface area contributed by atoms with E-state index in [0.717, 1.165) is 0 Å². The summed E-state index contributed by atoms with van der Waals surface area (Å²) in [4.78, 5) is 0. The van der Waals surface area contributed by atoms with Gasteiger partial charge in [0.05, 0.1) is 12.3 Å². The highest BCUT2D eigenvalue weighted by molar-refractivity contribution is 5.08. The Kier molecular flexibility index (Phi) is 1.22. The summed E-state index contributed by atoms with van der Waals surface area (Å²) in [6.45, 7) is 0. The van der Waals surface area contributed by atoms with Crippen molar-refractivity contribution in [3.63, 3.8) is 0 Å². The summed E-state index contributed by atoms with van der Waals surface area (Å²) in [6.07, 6.45) is 3.59. The summed E-state index contributed by atoms with van der Waals surface area (Å²) in [6, 6.07) is 0. The Hall–Kier alpha value is -0.960. The third-order valence-electron chi connectivity index (χ3n) is 0.705. The monoisotopic (exact) mass is 113 g/mol. The molecule has 1 rings (SSSR count). The van der Waals surface area contributed by atoms with Crippen LogP contribution in [0.2, 0.25) is 0 Å². The smallest absolute Gasteiger partial charge is 0.227 e. The Labute approximate surface area is 46.5 Å². The fourth-order valence-corrected chi connectivity index (χ4v) is 0.387. The molecule has 1 aliphatic heterocycles. The first-order valence-electron chi connectivity index (χ1n) is 2.11. The second-order valence-electron chi connectivity index (χ2n) is 1.32. The van der Waals surface area contributed by atoms with Gasteiger partial charge in [-0.05, 0) is 0 Å². The van der Waals surface area contributed by atoms with Crippen LogP contribution in [0.25, 0.3) is 0 Å². The molecule has 3 heteroatoms. The minimum Gasteiger partial charge on any atom is -0.507 e. The minimum atomic E-state index is -1.11. The summed E-state index contributed by atoms with van der Waals surface area (Å²) in [7, 11) is 0. The normalized spacial score (nSPS) is 26.6. The molecule has 1 radical (unpaired) electrons. The molecule has 2 N–H and O–H groups in total. The van der Waals surface area contributed by atoms with Crippen molar-refractivity contribution in [1.82, 2.24) is 0 Å². The predicted molar refractivity (Wildman–Crippen MR) is 25.6 cm³/mol. The van der Waals surface area contributed by atoms with Crippen LogP contribution < -0.4 is 0 Å². The fourth-order valence-electron chi connectivity index (χ4n) is 0.387. The van der Waals surface area contributed by atoms with Crippen LogP contribution in [0.5, 0.6) is 0 Å². The van der Waals surface area contributed by atoms with E-state index in [9.17, 15) is 0 Å². The lowest BCUT2D eigenvalue weighted by atomic mass is 10.4. The Morgan fingerprint density at radius 2 is 2.50 bits per heavy atom. The number of aliphatic hydroxyl groups excluding tert-OH is 2. The van der Waals surface area contributed by atoms with Gasteiger partial charge < -0.3 is 14.9 Å². The molecule has 0 aromatic rings. The molecule has 0 spiro atoms. The Bertz CT molecular complexity index is 137. The average Bonchev–Trinajstić information content (AvgIpc) is 1.64. The highest BCUT2D eigenvalue weighted by Gasteiger charge is 2.03. The third-order valence-corrected chi connectivity index (χ3v) is 0.705. The van der Waals surface area contributed by atoms with E-state index >= 15 is 0 Å². The van der Waals surface area contributed by atoms with Crippen molar-refractivity contribution in [2.45, 2.75) is 6.29 Å². The van der Waals surface area contributed by atoms with Gasteiger partial charge in [0.2, 0.25) is 6.29 Å². The van der Waals surface area contributed by atoms with E-state index in [1.54, 1.807) is 0 Å². The molecule has 1 atom stereocenters. The maximum atomic E-state index is 8.56. The molecule has 0 fully saturated rings. The highest BCUT2D eigenvalue weighted by atomic mass is 16.6. The lowest BCUT2D eigenvalue weighted by Gasteiger charge is -2.07. The van der Waals surface area contributed by atoms with Gasteiger partial charge in [0.25, 0.3) is 0 Å². The third kappa shape index (κ3) is 1.01. The van der Waals surface area contributed by atoms with Gasteiger partial charge in [-0.15, -0.1) is 0 Å². The number of allylic oxidation sites excluding steroid dienone is 1. The number of aliphatic hydroxyl groups is 2. The van der Waals surface area contributed by atoms with E-state index in [1.165, 1.54) is 12.3 Å². The Morgan fingerprint density at radius 3 is 2.88 bits per heavy atom. The van der Waals surface area contributed by atoms with Crippen LogP contribution in [0.1, 0.15) is 0 Å². The van der Waals surface area contributed by atoms with E-state index in [0.29, 0.717) is 0 Å². The summed E-state index contributed by atoms with van der Waals surface area (Å²) < 4.78 is 4.43. The number of hydrogen-bond acceptors (Lipinski definition) is 3. The van der Waals surface area contributed by atoms with Crippen molar-refractivity contribution in [3.05, 3.63) is 24.2 Å². The van der Waals surface area contributed by atoms with Crippen molar-refractivity contribution >= 4 is 0 Å². The van der Waals surface area contributed by atoms with Crippen LogP contribution in [-0.4, -0.2) is 16.5 Å².